The molecule has 1 unspecified atom stereocenters. The van der Waals surface area contributed by atoms with Crippen molar-refractivity contribution in [2.75, 3.05) is 6.54 Å². The molecule has 4 heteroatoms. The van der Waals surface area contributed by atoms with Gasteiger partial charge in [-0.1, -0.05) is 12.8 Å². The Kier molecular flexibility index (Phi) is 2.93. The summed E-state index contributed by atoms with van der Waals surface area (Å²) in [6.45, 7) is 2.15. The van der Waals surface area contributed by atoms with Crippen molar-refractivity contribution in [1.82, 2.24) is 10.2 Å². The number of nitrogens with one attached hydrogen (secondary N) is 1. The Bertz CT molecular complexity index is 272. The van der Waals surface area contributed by atoms with Gasteiger partial charge in [-0.25, -0.2) is 0 Å². The minimum atomic E-state index is -0.00338. The summed E-state index contributed by atoms with van der Waals surface area (Å²) in [5.74, 6) is 0.0802. The van der Waals surface area contributed by atoms with Crippen LogP contribution in [-0.4, -0.2) is 35.3 Å². The Labute approximate surface area is 90.0 Å². The Morgan fingerprint density at radius 2 is 1.93 bits per heavy atom. The SMILES string of the molecule is CC1CC(=O)NCC(=O)N1C1CCCC1. The van der Waals surface area contributed by atoms with E-state index in [-0.39, 0.29) is 24.4 Å². The first-order valence-corrected chi connectivity index (χ1v) is 5.76. The third kappa shape index (κ3) is 2.13. The summed E-state index contributed by atoms with van der Waals surface area (Å²) in [5, 5.41) is 2.65. The van der Waals surface area contributed by atoms with Gasteiger partial charge in [0.25, 0.3) is 0 Å². The highest BCUT2D eigenvalue weighted by atomic mass is 16.2. The van der Waals surface area contributed by atoms with Crippen LogP contribution in [0.25, 0.3) is 0 Å². The molecule has 15 heavy (non-hydrogen) atoms. The molecule has 1 saturated carbocycles. The van der Waals surface area contributed by atoms with E-state index in [0.717, 1.165) is 12.8 Å². The lowest BCUT2D eigenvalue weighted by Crippen LogP contribution is -2.45. The summed E-state index contributed by atoms with van der Waals surface area (Å²) < 4.78 is 0. The highest BCUT2D eigenvalue weighted by Crippen LogP contribution is 2.26. The summed E-state index contributed by atoms with van der Waals surface area (Å²) >= 11 is 0. The minimum absolute atomic E-state index is 0.00338. The Morgan fingerprint density at radius 1 is 1.27 bits per heavy atom. The lowest BCUT2D eigenvalue weighted by molar-refractivity contribution is -0.133. The van der Waals surface area contributed by atoms with Crippen LogP contribution in [0.2, 0.25) is 0 Å². The maximum absolute atomic E-state index is 11.9. The second kappa shape index (κ2) is 4.21. The Hall–Kier alpha value is -1.06. The maximum atomic E-state index is 11.9. The van der Waals surface area contributed by atoms with Gasteiger partial charge in [0.05, 0.1) is 6.54 Å². The zero-order valence-corrected chi connectivity index (χ0v) is 9.16. The van der Waals surface area contributed by atoms with E-state index in [2.05, 4.69) is 5.32 Å². The zero-order valence-electron chi connectivity index (χ0n) is 9.16. The molecule has 84 valence electrons. The van der Waals surface area contributed by atoms with Crippen LogP contribution < -0.4 is 5.32 Å². The van der Waals surface area contributed by atoms with E-state index in [9.17, 15) is 9.59 Å². The fourth-order valence-electron chi connectivity index (χ4n) is 2.70. The van der Waals surface area contributed by atoms with E-state index in [1.54, 1.807) is 0 Å². The molecule has 0 radical (unpaired) electrons. The van der Waals surface area contributed by atoms with E-state index in [1.165, 1.54) is 12.8 Å². The molecular formula is C11H18N2O2. The summed E-state index contributed by atoms with van der Waals surface area (Å²) in [4.78, 5) is 25.1. The van der Waals surface area contributed by atoms with Crippen LogP contribution in [0, 0.1) is 0 Å². The van der Waals surface area contributed by atoms with Crippen molar-refractivity contribution >= 4 is 11.8 Å². The van der Waals surface area contributed by atoms with Crippen molar-refractivity contribution in [3.8, 4) is 0 Å². The smallest absolute Gasteiger partial charge is 0.242 e. The summed E-state index contributed by atoms with van der Waals surface area (Å²) in [7, 11) is 0. The standard InChI is InChI=1S/C11H18N2O2/c1-8-6-10(14)12-7-11(15)13(8)9-4-2-3-5-9/h8-9H,2-7H2,1H3,(H,12,14). The van der Waals surface area contributed by atoms with E-state index >= 15 is 0 Å². The van der Waals surface area contributed by atoms with Crippen molar-refractivity contribution in [3.05, 3.63) is 0 Å². The van der Waals surface area contributed by atoms with Crippen LogP contribution in [0.5, 0.6) is 0 Å². The number of carbonyl (C=O) groups excluding carboxylic acids is 2. The molecule has 1 saturated heterocycles. The molecule has 1 aliphatic carbocycles. The topological polar surface area (TPSA) is 49.4 Å². The third-order valence-electron chi connectivity index (χ3n) is 3.40. The van der Waals surface area contributed by atoms with Crippen LogP contribution in [0.3, 0.4) is 0 Å². The number of rotatable bonds is 1. The molecule has 0 aromatic rings. The van der Waals surface area contributed by atoms with Crippen molar-refractivity contribution in [1.29, 1.82) is 0 Å². The van der Waals surface area contributed by atoms with E-state index in [1.807, 2.05) is 11.8 Å². The molecule has 2 amide bonds. The molecular weight excluding hydrogens is 192 g/mol. The largest absolute Gasteiger partial charge is 0.347 e. The molecule has 2 rings (SSSR count). The van der Waals surface area contributed by atoms with Crippen molar-refractivity contribution in [2.24, 2.45) is 0 Å². The summed E-state index contributed by atoms with van der Waals surface area (Å²) in [6.07, 6.45) is 5.07. The van der Waals surface area contributed by atoms with Gasteiger partial charge in [-0.05, 0) is 19.8 Å². The molecule has 0 aromatic heterocycles. The highest BCUT2D eigenvalue weighted by molar-refractivity contribution is 5.87. The second-order valence-electron chi connectivity index (χ2n) is 4.57. The Balaban J connectivity index is 2.11. The summed E-state index contributed by atoms with van der Waals surface area (Å²) in [5.41, 5.74) is 0. The van der Waals surface area contributed by atoms with Crippen LogP contribution >= 0.6 is 0 Å². The van der Waals surface area contributed by atoms with Gasteiger partial charge in [0, 0.05) is 18.5 Å². The highest BCUT2D eigenvalue weighted by Gasteiger charge is 2.33. The number of hydrogen-bond donors (Lipinski definition) is 1. The average molecular weight is 210 g/mol. The summed E-state index contributed by atoms with van der Waals surface area (Å²) in [6, 6.07) is 0.434. The van der Waals surface area contributed by atoms with E-state index in [0.29, 0.717) is 12.5 Å². The lowest BCUT2D eigenvalue weighted by atomic mass is 10.1. The third-order valence-corrected chi connectivity index (χ3v) is 3.40. The van der Waals surface area contributed by atoms with Crippen molar-refractivity contribution in [2.45, 2.75) is 51.1 Å². The van der Waals surface area contributed by atoms with Crippen LogP contribution in [-0.2, 0) is 9.59 Å². The average Bonchev–Trinajstić information content (AvgIpc) is 2.64. The number of nitrogens with zero attached hydrogens (tertiary/aromatic N) is 1. The van der Waals surface area contributed by atoms with Gasteiger partial charge in [-0.2, -0.15) is 0 Å². The van der Waals surface area contributed by atoms with Gasteiger partial charge in [-0.15, -0.1) is 0 Å². The normalized spacial score (nSPS) is 29.1. The van der Waals surface area contributed by atoms with E-state index in [4.69, 9.17) is 0 Å². The first kappa shape index (κ1) is 10.5. The predicted octanol–water partition coefficient (Wildman–Crippen LogP) is 0.666. The van der Waals surface area contributed by atoms with Crippen LogP contribution in [0.1, 0.15) is 39.0 Å². The Morgan fingerprint density at radius 3 is 2.60 bits per heavy atom. The second-order valence-corrected chi connectivity index (χ2v) is 4.57. The van der Waals surface area contributed by atoms with Gasteiger partial charge < -0.3 is 10.2 Å². The molecule has 0 bridgehead atoms. The fourth-order valence-corrected chi connectivity index (χ4v) is 2.70. The van der Waals surface area contributed by atoms with Gasteiger partial charge >= 0.3 is 0 Å². The zero-order chi connectivity index (χ0) is 10.8. The van der Waals surface area contributed by atoms with Crippen LogP contribution in [0.15, 0.2) is 0 Å². The first-order chi connectivity index (χ1) is 7.18. The van der Waals surface area contributed by atoms with Crippen molar-refractivity contribution < 1.29 is 9.59 Å². The monoisotopic (exact) mass is 210 g/mol. The van der Waals surface area contributed by atoms with Gasteiger partial charge in [-0.3, -0.25) is 9.59 Å². The molecule has 0 aromatic carbocycles. The van der Waals surface area contributed by atoms with Gasteiger partial charge in [0.1, 0.15) is 0 Å². The molecule has 1 N–H and O–H groups in total. The molecule has 1 atom stereocenters. The predicted molar refractivity (Wildman–Crippen MR) is 56.2 cm³/mol. The van der Waals surface area contributed by atoms with Gasteiger partial charge in [0.15, 0.2) is 0 Å². The van der Waals surface area contributed by atoms with Crippen molar-refractivity contribution in [3.63, 3.8) is 0 Å². The molecule has 2 fully saturated rings. The quantitative estimate of drug-likeness (QED) is 0.691. The lowest BCUT2D eigenvalue weighted by Gasteiger charge is -2.32. The minimum Gasteiger partial charge on any atom is -0.347 e. The molecule has 0 spiro atoms. The van der Waals surface area contributed by atoms with Gasteiger partial charge in [0.2, 0.25) is 11.8 Å². The molecule has 1 heterocycles. The fraction of sp³-hybridized carbons (Fsp3) is 0.818. The first-order valence-electron chi connectivity index (χ1n) is 5.76. The van der Waals surface area contributed by atoms with Crippen LogP contribution in [0.4, 0.5) is 0 Å². The molecule has 4 nitrogen and oxygen atoms in total. The number of amides is 2. The van der Waals surface area contributed by atoms with E-state index < -0.39 is 0 Å². The maximum Gasteiger partial charge on any atom is 0.242 e. The number of hydrogen-bond acceptors (Lipinski definition) is 2. The molecule has 2 aliphatic rings. The number of carbonyl (C=O) groups is 2. The molecule has 1 aliphatic heterocycles.